The summed E-state index contributed by atoms with van der Waals surface area (Å²) in [5, 5.41) is 15.2. The van der Waals surface area contributed by atoms with Crippen molar-refractivity contribution < 1.29 is 42.0 Å². The van der Waals surface area contributed by atoms with Crippen LogP contribution in [0.4, 0.5) is 14.5 Å². The number of carbonyl (C=O) groups is 2. The van der Waals surface area contributed by atoms with Crippen LogP contribution in [0.2, 0.25) is 10.0 Å². The standard InChI is InChI=1S/C37H35Cl2F2N3O7/c1-48-32-17-24(10-11-30(32)51-37(40)41)31(18-27-28(38)19-44(47)20-29(27)39)49-35(45)25-8-5-9-26(16-25)42-34(23-6-3-2-4-7-23)36(46)50-33-21-43-14-12-22(33)13-15-43/h2-11,16-17,19-20,22,31,33-34,37,42H,12-15,18,21H2,1H3/t31-,33-,34?/m0/s1. The number of rotatable bonds is 13. The molecule has 3 atom stereocenters. The molecule has 4 aromatic rings. The first-order valence-corrected chi connectivity index (χ1v) is 17.1. The molecule has 0 amide bonds. The number of hydrogen-bond acceptors (Lipinski definition) is 9. The molecule has 0 spiro atoms. The SMILES string of the molecule is COc1cc([C@H](Cc2c(Cl)c[n+]([O-])cc2Cl)OC(=O)c2cccc(NC(C(=O)O[C@H]3CN4CCC3CC4)c3ccccc3)c2)ccc1OC(F)F. The lowest BCUT2D eigenvalue weighted by molar-refractivity contribution is -0.605. The average molecular weight is 743 g/mol. The summed E-state index contributed by atoms with van der Waals surface area (Å²) in [5.41, 5.74) is 1.97. The molecule has 1 N–H and O–H groups in total. The lowest BCUT2D eigenvalue weighted by atomic mass is 9.86. The highest BCUT2D eigenvalue weighted by Gasteiger charge is 2.38. The molecule has 4 heterocycles. The molecule has 1 aromatic heterocycles. The van der Waals surface area contributed by atoms with Crippen molar-refractivity contribution in [2.75, 3.05) is 32.1 Å². The number of piperidine rings is 3. The normalized spacial score (nSPS) is 19.2. The molecule has 14 heteroatoms. The second-order valence-electron chi connectivity index (χ2n) is 12.4. The van der Waals surface area contributed by atoms with E-state index >= 15 is 0 Å². The zero-order valence-electron chi connectivity index (χ0n) is 27.5. The second-order valence-corrected chi connectivity index (χ2v) is 13.2. The predicted octanol–water partition coefficient (Wildman–Crippen LogP) is 7.17. The first kappa shape index (κ1) is 36.2. The van der Waals surface area contributed by atoms with Crippen LogP contribution in [0, 0.1) is 11.1 Å². The molecule has 0 aliphatic carbocycles. The van der Waals surface area contributed by atoms with E-state index in [1.807, 2.05) is 30.3 Å². The Morgan fingerprint density at radius 1 is 0.961 bits per heavy atom. The molecule has 3 saturated heterocycles. The summed E-state index contributed by atoms with van der Waals surface area (Å²) in [7, 11) is 1.28. The maximum absolute atomic E-state index is 13.8. The van der Waals surface area contributed by atoms with Crippen molar-refractivity contribution in [2.45, 2.75) is 44.1 Å². The Morgan fingerprint density at radius 2 is 1.69 bits per heavy atom. The maximum Gasteiger partial charge on any atom is 0.387 e. The fraction of sp³-hybridized carbons (Fsp3) is 0.324. The summed E-state index contributed by atoms with van der Waals surface area (Å²) in [6.07, 6.45) is 2.87. The molecule has 3 fully saturated rings. The smallest absolute Gasteiger partial charge is 0.387 e. The van der Waals surface area contributed by atoms with E-state index in [-0.39, 0.29) is 39.6 Å². The van der Waals surface area contributed by atoms with Gasteiger partial charge in [-0.25, -0.2) is 9.59 Å². The highest BCUT2D eigenvalue weighted by Crippen LogP contribution is 2.37. The number of fused-ring (bicyclic) bond motifs is 3. The van der Waals surface area contributed by atoms with E-state index in [0.29, 0.717) is 39.6 Å². The van der Waals surface area contributed by atoms with Crippen LogP contribution in [0.1, 0.15) is 52.0 Å². The molecule has 7 rings (SSSR count). The van der Waals surface area contributed by atoms with Gasteiger partial charge in [0.15, 0.2) is 29.9 Å². The van der Waals surface area contributed by atoms with Crippen molar-refractivity contribution in [1.82, 2.24) is 4.90 Å². The van der Waals surface area contributed by atoms with E-state index < -0.39 is 30.7 Å². The Bertz CT molecular complexity index is 1840. The Morgan fingerprint density at radius 3 is 2.33 bits per heavy atom. The first-order chi connectivity index (χ1) is 24.6. The van der Waals surface area contributed by atoms with Crippen molar-refractivity contribution >= 4 is 40.8 Å². The zero-order chi connectivity index (χ0) is 36.1. The number of esters is 2. The van der Waals surface area contributed by atoms with E-state index in [4.69, 9.17) is 37.4 Å². The number of anilines is 1. The van der Waals surface area contributed by atoms with Crippen LogP contribution in [0.25, 0.3) is 0 Å². The second kappa shape index (κ2) is 16.1. The summed E-state index contributed by atoms with van der Waals surface area (Å²) >= 11 is 12.7. The molecule has 0 radical (unpaired) electrons. The van der Waals surface area contributed by atoms with Crippen LogP contribution in [0.5, 0.6) is 11.5 Å². The Hall–Kier alpha value is -4.65. The topological polar surface area (TPSA) is 113 Å². The predicted molar refractivity (Wildman–Crippen MR) is 185 cm³/mol. The minimum absolute atomic E-state index is 0.0280. The summed E-state index contributed by atoms with van der Waals surface area (Å²) < 4.78 is 48.4. The molecular formula is C37H35Cl2F2N3O7. The molecule has 1 unspecified atom stereocenters. The summed E-state index contributed by atoms with van der Waals surface area (Å²) in [4.78, 5) is 29.8. The Balaban J connectivity index is 1.25. The summed E-state index contributed by atoms with van der Waals surface area (Å²) in [6.45, 7) is -0.352. The fourth-order valence-corrected chi connectivity index (χ4v) is 7.10. The number of nitrogens with one attached hydrogen (secondary N) is 1. The van der Waals surface area contributed by atoms with Gasteiger partial charge in [-0.1, -0.05) is 65.7 Å². The number of pyridine rings is 1. The van der Waals surface area contributed by atoms with E-state index in [9.17, 15) is 23.6 Å². The van der Waals surface area contributed by atoms with Crippen LogP contribution in [0.15, 0.2) is 85.2 Å². The van der Waals surface area contributed by atoms with Crippen molar-refractivity contribution in [3.8, 4) is 11.5 Å². The van der Waals surface area contributed by atoms with Gasteiger partial charge in [0.2, 0.25) is 0 Å². The minimum atomic E-state index is -3.09. The number of halogens is 4. The van der Waals surface area contributed by atoms with Gasteiger partial charge in [0.25, 0.3) is 0 Å². The van der Waals surface area contributed by atoms with Gasteiger partial charge < -0.3 is 29.5 Å². The lowest BCUT2D eigenvalue weighted by Crippen LogP contribution is -2.52. The molecule has 51 heavy (non-hydrogen) atoms. The van der Waals surface area contributed by atoms with Crippen molar-refractivity contribution in [1.29, 1.82) is 0 Å². The number of aromatic nitrogens is 1. The highest BCUT2D eigenvalue weighted by atomic mass is 35.5. The number of hydrogen-bond donors (Lipinski definition) is 1. The molecule has 268 valence electrons. The maximum atomic E-state index is 13.8. The van der Waals surface area contributed by atoms with Gasteiger partial charge in [0.05, 0.1) is 12.7 Å². The summed E-state index contributed by atoms with van der Waals surface area (Å²) in [6, 6.07) is 18.9. The number of benzene rings is 3. The number of methoxy groups -OCH3 is 1. The quantitative estimate of drug-likeness (QED) is 0.0866. The number of nitrogens with zero attached hydrogens (tertiary/aromatic N) is 2. The average Bonchev–Trinajstić information content (AvgIpc) is 3.12. The van der Waals surface area contributed by atoms with Gasteiger partial charge in [-0.3, -0.25) is 4.90 Å². The number of alkyl halides is 2. The Kier molecular flexibility index (Phi) is 11.4. The van der Waals surface area contributed by atoms with Crippen molar-refractivity contribution in [2.24, 2.45) is 5.92 Å². The van der Waals surface area contributed by atoms with Gasteiger partial charge in [-0.05, 0) is 73.3 Å². The molecule has 10 nitrogen and oxygen atoms in total. The van der Waals surface area contributed by atoms with Crippen molar-refractivity contribution in [3.63, 3.8) is 0 Å². The molecular weight excluding hydrogens is 707 g/mol. The third kappa shape index (κ3) is 8.81. The molecule has 3 aliphatic heterocycles. The van der Waals surface area contributed by atoms with Crippen LogP contribution >= 0.6 is 23.2 Å². The van der Waals surface area contributed by atoms with Crippen LogP contribution in [-0.2, 0) is 20.7 Å². The van der Waals surface area contributed by atoms with E-state index in [2.05, 4.69) is 15.0 Å². The third-order valence-corrected chi connectivity index (χ3v) is 9.77. The molecule has 3 aliphatic rings. The van der Waals surface area contributed by atoms with Gasteiger partial charge in [0, 0.05) is 24.2 Å². The van der Waals surface area contributed by atoms with Crippen LogP contribution in [-0.4, -0.2) is 56.3 Å². The highest BCUT2D eigenvalue weighted by molar-refractivity contribution is 6.35. The van der Waals surface area contributed by atoms with Crippen LogP contribution < -0.4 is 19.5 Å². The molecule has 2 bridgehead atoms. The van der Waals surface area contributed by atoms with E-state index in [0.717, 1.165) is 38.3 Å². The Labute approximate surface area is 303 Å². The van der Waals surface area contributed by atoms with Gasteiger partial charge in [-0.15, -0.1) is 0 Å². The van der Waals surface area contributed by atoms with E-state index in [1.54, 1.807) is 24.3 Å². The minimum Gasteiger partial charge on any atom is -0.619 e. The van der Waals surface area contributed by atoms with Crippen LogP contribution in [0.3, 0.4) is 0 Å². The van der Waals surface area contributed by atoms with Gasteiger partial charge in [-0.2, -0.15) is 13.5 Å². The van der Waals surface area contributed by atoms with Gasteiger partial charge >= 0.3 is 18.6 Å². The number of ether oxygens (including phenoxy) is 4. The summed E-state index contributed by atoms with van der Waals surface area (Å²) in [5.74, 6) is -1.08. The number of carbonyl (C=O) groups excluding carboxylic acids is 2. The monoisotopic (exact) mass is 741 g/mol. The first-order valence-electron chi connectivity index (χ1n) is 16.3. The molecule has 3 aromatic carbocycles. The van der Waals surface area contributed by atoms with E-state index in [1.165, 1.54) is 25.3 Å². The van der Waals surface area contributed by atoms with Crippen molar-refractivity contribution in [3.05, 3.63) is 123 Å². The fourth-order valence-electron chi connectivity index (χ4n) is 6.50. The zero-order valence-corrected chi connectivity index (χ0v) is 29.0. The van der Waals surface area contributed by atoms with Gasteiger partial charge in [0.1, 0.15) is 22.3 Å². The lowest BCUT2D eigenvalue weighted by Gasteiger charge is -2.44. The third-order valence-electron chi connectivity index (χ3n) is 9.11. The largest absolute Gasteiger partial charge is 0.619 e. The molecule has 0 saturated carbocycles.